The van der Waals surface area contributed by atoms with Gasteiger partial charge < -0.3 is 9.30 Å². The van der Waals surface area contributed by atoms with E-state index in [4.69, 9.17) is 4.74 Å². The highest BCUT2D eigenvalue weighted by molar-refractivity contribution is 5.95. The molecule has 2 aromatic rings. The van der Waals surface area contributed by atoms with E-state index >= 15 is 0 Å². The topological polar surface area (TPSA) is 31.2 Å². The Hall–Kier alpha value is -1.87. The molecule has 1 aromatic heterocycles. The zero-order valence-corrected chi connectivity index (χ0v) is 11.7. The van der Waals surface area contributed by atoms with Crippen molar-refractivity contribution in [1.82, 2.24) is 4.57 Å². The zero-order chi connectivity index (χ0) is 13.9. The van der Waals surface area contributed by atoms with Crippen molar-refractivity contribution in [3.8, 4) is 0 Å². The average Bonchev–Trinajstić information content (AvgIpc) is 2.95. The Balaban J connectivity index is 1.79. The molecular formula is C17H19NO2. The van der Waals surface area contributed by atoms with E-state index in [0.717, 1.165) is 25.1 Å². The number of hydrogen-bond donors (Lipinski definition) is 0. The first-order valence-corrected chi connectivity index (χ1v) is 7.16. The van der Waals surface area contributed by atoms with Gasteiger partial charge in [-0.1, -0.05) is 31.2 Å². The van der Waals surface area contributed by atoms with Crippen molar-refractivity contribution in [1.29, 1.82) is 0 Å². The predicted octanol–water partition coefficient (Wildman–Crippen LogP) is 3.39. The molecule has 2 heterocycles. The Morgan fingerprint density at radius 3 is 3.05 bits per heavy atom. The largest absolute Gasteiger partial charge is 0.371 e. The summed E-state index contributed by atoms with van der Waals surface area (Å²) < 4.78 is 7.95. The molecule has 0 aliphatic carbocycles. The van der Waals surface area contributed by atoms with Crippen molar-refractivity contribution in [3.05, 3.63) is 59.4 Å². The Kier molecular flexibility index (Phi) is 3.70. The number of ketones is 1. The van der Waals surface area contributed by atoms with Crippen LogP contribution in [-0.2, 0) is 17.7 Å². The number of hydrogen-bond acceptors (Lipinski definition) is 2. The molecule has 1 aliphatic heterocycles. The minimum atomic E-state index is 0.0805. The standard InChI is InChI=1S/C17H19NO2/c1-2-16(19)14-7-9-18(11-14)12-17-15-6-4-3-5-13(15)8-10-20-17/h3-7,9,11,17H,2,8,10,12H2,1H3. The quantitative estimate of drug-likeness (QED) is 0.797. The number of aromatic nitrogens is 1. The second kappa shape index (κ2) is 5.63. The van der Waals surface area contributed by atoms with Gasteiger partial charge in [-0.2, -0.15) is 0 Å². The van der Waals surface area contributed by atoms with Gasteiger partial charge in [0.1, 0.15) is 6.10 Å². The Labute approximate surface area is 119 Å². The average molecular weight is 269 g/mol. The molecule has 0 spiro atoms. The lowest BCUT2D eigenvalue weighted by Gasteiger charge is -2.26. The summed E-state index contributed by atoms with van der Waals surface area (Å²) in [6.45, 7) is 3.41. The van der Waals surface area contributed by atoms with Crippen LogP contribution in [0.3, 0.4) is 0 Å². The maximum absolute atomic E-state index is 11.7. The molecule has 1 unspecified atom stereocenters. The fourth-order valence-corrected chi connectivity index (χ4v) is 2.74. The third-order valence-corrected chi connectivity index (χ3v) is 3.86. The van der Waals surface area contributed by atoms with Crippen LogP contribution in [0.25, 0.3) is 0 Å². The highest BCUT2D eigenvalue weighted by Gasteiger charge is 2.20. The highest BCUT2D eigenvalue weighted by Crippen LogP contribution is 2.28. The molecule has 3 rings (SSSR count). The van der Waals surface area contributed by atoms with E-state index in [2.05, 4.69) is 28.8 Å². The number of rotatable bonds is 4. The predicted molar refractivity (Wildman–Crippen MR) is 77.9 cm³/mol. The molecule has 20 heavy (non-hydrogen) atoms. The number of Topliss-reactive ketones (excluding diaryl/α,β-unsaturated/α-hetero) is 1. The molecule has 0 saturated carbocycles. The fourth-order valence-electron chi connectivity index (χ4n) is 2.74. The molecule has 0 bridgehead atoms. The van der Waals surface area contributed by atoms with Gasteiger partial charge in [-0.3, -0.25) is 4.79 Å². The van der Waals surface area contributed by atoms with Crippen molar-refractivity contribution in [3.63, 3.8) is 0 Å². The molecule has 0 saturated heterocycles. The summed E-state index contributed by atoms with van der Waals surface area (Å²) in [6, 6.07) is 10.3. The monoisotopic (exact) mass is 269 g/mol. The van der Waals surface area contributed by atoms with E-state index in [9.17, 15) is 4.79 Å². The fraction of sp³-hybridized carbons (Fsp3) is 0.353. The molecule has 0 fully saturated rings. The summed E-state index contributed by atoms with van der Waals surface area (Å²) in [4.78, 5) is 11.7. The SMILES string of the molecule is CCC(=O)c1ccn(CC2OCCc3ccccc32)c1. The van der Waals surface area contributed by atoms with Gasteiger partial charge in [0, 0.05) is 24.4 Å². The van der Waals surface area contributed by atoms with Crippen LogP contribution in [0.5, 0.6) is 0 Å². The molecule has 1 aliphatic rings. The molecule has 0 radical (unpaired) electrons. The summed E-state index contributed by atoms with van der Waals surface area (Å²) in [6.07, 6.45) is 5.50. The van der Waals surface area contributed by atoms with Crippen LogP contribution in [0.4, 0.5) is 0 Å². The Morgan fingerprint density at radius 1 is 1.35 bits per heavy atom. The lowest BCUT2D eigenvalue weighted by atomic mass is 9.97. The number of fused-ring (bicyclic) bond motifs is 1. The molecule has 1 atom stereocenters. The lowest BCUT2D eigenvalue weighted by Crippen LogP contribution is -2.20. The maximum atomic E-state index is 11.7. The normalized spacial score (nSPS) is 17.8. The molecule has 1 aromatic carbocycles. The van der Waals surface area contributed by atoms with Crippen molar-refractivity contribution < 1.29 is 9.53 Å². The van der Waals surface area contributed by atoms with Gasteiger partial charge in [-0.15, -0.1) is 0 Å². The Bertz CT molecular complexity index is 615. The van der Waals surface area contributed by atoms with Crippen LogP contribution >= 0.6 is 0 Å². The van der Waals surface area contributed by atoms with Gasteiger partial charge in [-0.05, 0) is 23.6 Å². The van der Waals surface area contributed by atoms with Gasteiger partial charge in [0.05, 0.1) is 13.2 Å². The van der Waals surface area contributed by atoms with Gasteiger partial charge in [0.25, 0.3) is 0 Å². The minimum absolute atomic E-state index is 0.0805. The molecule has 104 valence electrons. The van der Waals surface area contributed by atoms with Crippen LogP contribution in [0.1, 0.15) is 40.9 Å². The maximum Gasteiger partial charge on any atom is 0.164 e. The van der Waals surface area contributed by atoms with Gasteiger partial charge in [-0.25, -0.2) is 0 Å². The number of ether oxygens (including phenoxy) is 1. The van der Waals surface area contributed by atoms with Crippen molar-refractivity contribution >= 4 is 5.78 Å². The smallest absolute Gasteiger partial charge is 0.164 e. The molecule has 0 N–H and O–H groups in total. The Morgan fingerprint density at radius 2 is 2.20 bits per heavy atom. The number of benzene rings is 1. The zero-order valence-electron chi connectivity index (χ0n) is 11.7. The molecular weight excluding hydrogens is 250 g/mol. The number of carbonyl (C=O) groups excluding carboxylic acids is 1. The van der Waals surface area contributed by atoms with Crippen molar-refractivity contribution in [2.45, 2.75) is 32.4 Å². The third kappa shape index (κ3) is 2.54. The van der Waals surface area contributed by atoms with Crippen LogP contribution in [0.2, 0.25) is 0 Å². The van der Waals surface area contributed by atoms with E-state index < -0.39 is 0 Å². The van der Waals surface area contributed by atoms with E-state index in [1.807, 2.05) is 25.4 Å². The summed E-state index contributed by atoms with van der Waals surface area (Å²) in [5, 5.41) is 0. The summed E-state index contributed by atoms with van der Waals surface area (Å²) in [7, 11) is 0. The van der Waals surface area contributed by atoms with E-state index in [-0.39, 0.29) is 11.9 Å². The first-order chi connectivity index (χ1) is 9.78. The summed E-state index contributed by atoms with van der Waals surface area (Å²) in [5.41, 5.74) is 3.44. The first kappa shape index (κ1) is 13.1. The lowest BCUT2D eigenvalue weighted by molar-refractivity contribution is 0.0306. The summed E-state index contributed by atoms with van der Waals surface area (Å²) >= 11 is 0. The number of carbonyl (C=O) groups is 1. The van der Waals surface area contributed by atoms with Gasteiger partial charge in [0.15, 0.2) is 5.78 Å². The van der Waals surface area contributed by atoms with Gasteiger partial charge >= 0.3 is 0 Å². The van der Waals surface area contributed by atoms with Crippen molar-refractivity contribution in [2.75, 3.05) is 6.61 Å². The second-order valence-corrected chi connectivity index (χ2v) is 5.18. The highest BCUT2D eigenvalue weighted by atomic mass is 16.5. The molecule has 3 heteroatoms. The van der Waals surface area contributed by atoms with Gasteiger partial charge in [0.2, 0.25) is 0 Å². The van der Waals surface area contributed by atoms with E-state index in [1.54, 1.807) is 0 Å². The van der Waals surface area contributed by atoms with Crippen LogP contribution in [0, 0.1) is 0 Å². The van der Waals surface area contributed by atoms with Crippen LogP contribution in [-0.4, -0.2) is 17.0 Å². The van der Waals surface area contributed by atoms with Crippen LogP contribution < -0.4 is 0 Å². The number of nitrogens with zero attached hydrogens (tertiary/aromatic N) is 1. The first-order valence-electron chi connectivity index (χ1n) is 7.16. The molecule has 3 nitrogen and oxygen atoms in total. The second-order valence-electron chi connectivity index (χ2n) is 5.18. The molecule has 0 amide bonds. The minimum Gasteiger partial charge on any atom is -0.371 e. The van der Waals surface area contributed by atoms with Crippen molar-refractivity contribution in [2.24, 2.45) is 0 Å². The third-order valence-electron chi connectivity index (χ3n) is 3.86. The summed E-state index contributed by atoms with van der Waals surface area (Å²) in [5.74, 6) is 0.189. The van der Waals surface area contributed by atoms with E-state index in [0.29, 0.717) is 6.42 Å². The van der Waals surface area contributed by atoms with Crippen LogP contribution in [0.15, 0.2) is 42.7 Å². The van der Waals surface area contributed by atoms with E-state index in [1.165, 1.54) is 11.1 Å².